The van der Waals surface area contributed by atoms with E-state index in [0.717, 1.165) is 24.0 Å². The molecule has 0 bridgehead atoms. The normalized spacial score (nSPS) is 10.5. The first-order valence-electron chi connectivity index (χ1n) is 5.55. The molecule has 0 atom stereocenters. The Morgan fingerprint density at radius 2 is 2.35 bits per heavy atom. The molecule has 0 unspecified atom stereocenters. The van der Waals surface area contributed by atoms with E-state index < -0.39 is 0 Å². The van der Waals surface area contributed by atoms with Crippen LogP contribution in [-0.4, -0.2) is 19.1 Å². The number of aromatic nitrogens is 4. The van der Waals surface area contributed by atoms with Gasteiger partial charge in [0.2, 0.25) is 5.95 Å². The van der Waals surface area contributed by atoms with E-state index >= 15 is 0 Å². The van der Waals surface area contributed by atoms with Crippen molar-refractivity contribution < 1.29 is 0 Å². The second-order valence-corrected chi connectivity index (χ2v) is 3.95. The minimum absolute atomic E-state index is 0.664. The largest absolute Gasteiger partial charge is 0.348 e. The highest BCUT2D eigenvalue weighted by Gasteiger charge is 2.05. The highest BCUT2D eigenvalue weighted by molar-refractivity contribution is 5.29. The van der Waals surface area contributed by atoms with Gasteiger partial charge in [-0.25, -0.2) is 9.97 Å². The third-order valence-corrected chi connectivity index (χ3v) is 2.55. The summed E-state index contributed by atoms with van der Waals surface area (Å²) >= 11 is 0. The average molecular weight is 231 g/mol. The quantitative estimate of drug-likeness (QED) is 0.797. The van der Waals surface area contributed by atoms with Crippen LogP contribution in [0.4, 0.5) is 5.95 Å². The van der Waals surface area contributed by atoms with Crippen molar-refractivity contribution in [2.75, 3.05) is 5.32 Å². The molecule has 0 aliphatic rings. The van der Waals surface area contributed by atoms with Gasteiger partial charge in [-0.15, -0.1) is 6.58 Å². The molecule has 17 heavy (non-hydrogen) atoms. The predicted molar refractivity (Wildman–Crippen MR) is 67.7 cm³/mol. The number of anilines is 1. The van der Waals surface area contributed by atoms with E-state index in [9.17, 15) is 0 Å². The molecule has 2 aromatic rings. The summed E-state index contributed by atoms with van der Waals surface area (Å²) in [5.41, 5.74) is 0.995. The molecule has 0 aliphatic heterocycles. The fourth-order valence-electron chi connectivity index (χ4n) is 1.69. The Labute approximate surface area is 101 Å². The van der Waals surface area contributed by atoms with Crippen molar-refractivity contribution >= 4 is 5.95 Å². The molecule has 0 aromatic carbocycles. The number of hydrogen-bond acceptors (Lipinski definition) is 3. The monoisotopic (exact) mass is 231 g/mol. The Morgan fingerprint density at radius 3 is 3.00 bits per heavy atom. The van der Waals surface area contributed by atoms with Gasteiger partial charge in [0.05, 0.1) is 12.2 Å². The van der Waals surface area contributed by atoms with Crippen LogP contribution < -0.4 is 5.32 Å². The summed E-state index contributed by atoms with van der Waals surface area (Å²) in [7, 11) is 1.98. The number of rotatable bonds is 5. The maximum atomic E-state index is 4.43. The number of aryl methyl sites for hydroxylation is 2. The maximum Gasteiger partial charge on any atom is 0.203 e. The molecule has 0 saturated heterocycles. The molecule has 0 spiro atoms. The number of allylic oxidation sites excluding steroid dienone is 1. The molecule has 0 saturated carbocycles. The van der Waals surface area contributed by atoms with E-state index in [-0.39, 0.29) is 0 Å². The molecule has 2 heterocycles. The molecule has 1 N–H and O–H groups in total. The van der Waals surface area contributed by atoms with Crippen molar-refractivity contribution in [2.45, 2.75) is 20.0 Å². The lowest BCUT2D eigenvalue weighted by molar-refractivity contribution is 0.782. The summed E-state index contributed by atoms with van der Waals surface area (Å²) in [5.74, 6) is 1.83. The zero-order valence-corrected chi connectivity index (χ0v) is 10.2. The second kappa shape index (κ2) is 4.86. The Kier molecular flexibility index (Phi) is 3.27. The maximum absolute atomic E-state index is 4.43. The van der Waals surface area contributed by atoms with Crippen LogP contribution in [0.2, 0.25) is 0 Å². The second-order valence-electron chi connectivity index (χ2n) is 3.95. The summed E-state index contributed by atoms with van der Waals surface area (Å²) in [6.07, 6.45) is 7.58. The van der Waals surface area contributed by atoms with Crippen LogP contribution >= 0.6 is 0 Å². The van der Waals surface area contributed by atoms with Crippen molar-refractivity contribution in [1.29, 1.82) is 0 Å². The van der Waals surface area contributed by atoms with Gasteiger partial charge < -0.3 is 14.5 Å². The first-order chi connectivity index (χ1) is 8.20. The average Bonchev–Trinajstić information content (AvgIpc) is 2.83. The number of imidazole rings is 2. The molecule has 2 rings (SSSR count). The van der Waals surface area contributed by atoms with Gasteiger partial charge in [0.15, 0.2) is 0 Å². The molecule has 0 aliphatic carbocycles. The Morgan fingerprint density at radius 1 is 1.53 bits per heavy atom. The van der Waals surface area contributed by atoms with Crippen molar-refractivity contribution in [2.24, 2.45) is 7.05 Å². The third kappa shape index (κ3) is 2.55. The van der Waals surface area contributed by atoms with E-state index in [0.29, 0.717) is 6.54 Å². The SMILES string of the molecule is C=CCn1cc(C)nc1NCc1nccn1C. The smallest absolute Gasteiger partial charge is 0.203 e. The van der Waals surface area contributed by atoms with E-state index in [1.54, 1.807) is 6.20 Å². The summed E-state index contributed by atoms with van der Waals surface area (Å²) < 4.78 is 4.02. The van der Waals surface area contributed by atoms with Crippen LogP contribution in [0.5, 0.6) is 0 Å². The van der Waals surface area contributed by atoms with Gasteiger partial charge in [-0.2, -0.15) is 0 Å². The van der Waals surface area contributed by atoms with Crippen molar-refractivity contribution in [3.63, 3.8) is 0 Å². The summed E-state index contributed by atoms with van der Waals surface area (Å²) in [4.78, 5) is 8.68. The summed E-state index contributed by atoms with van der Waals surface area (Å²) in [6.45, 7) is 7.13. The summed E-state index contributed by atoms with van der Waals surface area (Å²) in [5, 5.41) is 3.28. The van der Waals surface area contributed by atoms with E-state index in [2.05, 4.69) is 21.9 Å². The van der Waals surface area contributed by atoms with Gasteiger partial charge in [0, 0.05) is 32.2 Å². The molecular weight excluding hydrogens is 214 g/mol. The lowest BCUT2D eigenvalue weighted by Crippen LogP contribution is -2.09. The highest BCUT2D eigenvalue weighted by Crippen LogP contribution is 2.09. The highest BCUT2D eigenvalue weighted by atomic mass is 15.2. The molecule has 2 aromatic heterocycles. The topological polar surface area (TPSA) is 47.7 Å². The minimum atomic E-state index is 0.664. The van der Waals surface area contributed by atoms with Crippen molar-refractivity contribution in [1.82, 2.24) is 19.1 Å². The fraction of sp³-hybridized carbons (Fsp3) is 0.333. The lowest BCUT2D eigenvalue weighted by Gasteiger charge is -2.07. The molecule has 5 heteroatoms. The lowest BCUT2D eigenvalue weighted by atomic mass is 10.5. The first-order valence-corrected chi connectivity index (χ1v) is 5.55. The minimum Gasteiger partial charge on any atom is -0.348 e. The Balaban J connectivity index is 2.08. The third-order valence-electron chi connectivity index (χ3n) is 2.55. The van der Waals surface area contributed by atoms with Crippen LogP contribution in [-0.2, 0) is 20.1 Å². The van der Waals surface area contributed by atoms with Gasteiger partial charge in [0.25, 0.3) is 0 Å². The molecule has 90 valence electrons. The van der Waals surface area contributed by atoms with E-state index in [1.165, 1.54) is 0 Å². The van der Waals surface area contributed by atoms with Gasteiger partial charge in [0.1, 0.15) is 5.82 Å². The standard InChI is InChI=1S/C12H17N5/c1-4-6-17-9-10(2)15-12(17)14-8-11-13-5-7-16(11)3/h4-5,7,9H,1,6,8H2,2-3H3,(H,14,15). The van der Waals surface area contributed by atoms with Crippen LogP contribution in [0.15, 0.2) is 31.2 Å². The van der Waals surface area contributed by atoms with Crippen LogP contribution in [0.1, 0.15) is 11.5 Å². The Hall–Kier alpha value is -2.04. The number of hydrogen-bond donors (Lipinski definition) is 1. The van der Waals surface area contributed by atoms with Gasteiger partial charge in [-0.3, -0.25) is 0 Å². The van der Waals surface area contributed by atoms with Gasteiger partial charge in [-0.1, -0.05) is 6.08 Å². The summed E-state index contributed by atoms with van der Waals surface area (Å²) in [6, 6.07) is 0. The fourth-order valence-corrected chi connectivity index (χ4v) is 1.69. The van der Waals surface area contributed by atoms with Gasteiger partial charge >= 0.3 is 0 Å². The van der Waals surface area contributed by atoms with Gasteiger partial charge in [-0.05, 0) is 6.92 Å². The van der Waals surface area contributed by atoms with E-state index in [4.69, 9.17) is 0 Å². The molecular formula is C12H17N5. The van der Waals surface area contributed by atoms with Crippen molar-refractivity contribution in [3.8, 4) is 0 Å². The van der Waals surface area contributed by atoms with E-state index in [1.807, 2.05) is 41.6 Å². The number of nitrogens with zero attached hydrogens (tertiary/aromatic N) is 4. The predicted octanol–water partition coefficient (Wildman–Crippen LogP) is 1.72. The van der Waals surface area contributed by atoms with Crippen LogP contribution in [0.25, 0.3) is 0 Å². The Bertz CT molecular complexity index is 509. The number of nitrogens with one attached hydrogen (secondary N) is 1. The molecule has 0 radical (unpaired) electrons. The molecule has 0 fully saturated rings. The first kappa shape index (κ1) is 11.4. The molecule has 5 nitrogen and oxygen atoms in total. The van der Waals surface area contributed by atoms with Crippen LogP contribution in [0, 0.1) is 6.92 Å². The zero-order chi connectivity index (χ0) is 12.3. The van der Waals surface area contributed by atoms with Crippen LogP contribution in [0.3, 0.4) is 0 Å². The molecule has 0 amide bonds. The zero-order valence-electron chi connectivity index (χ0n) is 10.2. The van der Waals surface area contributed by atoms with Crippen molar-refractivity contribution in [3.05, 3.63) is 42.8 Å².